The molecule has 0 bridgehead atoms. The van der Waals surface area contributed by atoms with Crippen molar-refractivity contribution in [1.29, 1.82) is 0 Å². The van der Waals surface area contributed by atoms with E-state index in [1.54, 1.807) is 0 Å². The Morgan fingerprint density at radius 1 is 1.22 bits per heavy atom. The van der Waals surface area contributed by atoms with Crippen LogP contribution in [0.2, 0.25) is 0 Å². The number of aromatic nitrogens is 1. The number of rotatable bonds is 5. The number of hydrogen-bond acceptors (Lipinski definition) is 3. The van der Waals surface area contributed by atoms with Gasteiger partial charge in [-0.2, -0.15) is 0 Å². The summed E-state index contributed by atoms with van der Waals surface area (Å²) in [7, 11) is 4.19. The van der Waals surface area contributed by atoms with E-state index in [2.05, 4.69) is 54.4 Å². The van der Waals surface area contributed by atoms with Gasteiger partial charge in [-0.25, -0.2) is 4.98 Å². The van der Waals surface area contributed by atoms with Crippen molar-refractivity contribution in [2.24, 2.45) is 0 Å². The minimum atomic E-state index is 0.963. The van der Waals surface area contributed by atoms with Gasteiger partial charge in [0.25, 0.3) is 0 Å². The molecular formula is C15H21N3. The topological polar surface area (TPSA) is 28.2 Å². The number of aryl methyl sites for hydroxylation is 1. The van der Waals surface area contributed by atoms with Gasteiger partial charge >= 0.3 is 0 Å². The minimum absolute atomic E-state index is 0.963. The number of hydrogen-bond donors (Lipinski definition) is 1. The average Bonchev–Trinajstić information content (AvgIpc) is 2.34. The minimum Gasteiger partial charge on any atom is -0.370 e. The smallest absolute Gasteiger partial charge is 0.129 e. The Balaban J connectivity index is 2.06. The van der Waals surface area contributed by atoms with Crippen molar-refractivity contribution in [2.75, 3.05) is 32.5 Å². The predicted molar refractivity (Wildman–Crippen MR) is 78.1 cm³/mol. The summed E-state index contributed by atoms with van der Waals surface area (Å²) in [6.45, 7) is 4.16. The molecular weight excluding hydrogens is 222 g/mol. The van der Waals surface area contributed by atoms with Crippen molar-refractivity contribution in [2.45, 2.75) is 13.3 Å². The summed E-state index contributed by atoms with van der Waals surface area (Å²) in [4.78, 5) is 6.86. The van der Waals surface area contributed by atoms with Crippen LogP contribution in [-0.2, 0) is 0 Å². The fraction of sp³-hybridized carbons (Fsp3) is 0.400. The summed E-state index contributed by atoms with van der Waals surface area (Å²) in [6.07, 6.45) is 1.13. The maximum Gasteiger partial charge on any atom is 0.129 e. The highest BCUT2D eigenvalue weighted by Crippen LogP contribution is 2.19. The summed E-state index contributed by atoms with van der Waals surface area (Å²) in [5, 5.41) is 4.63. The van der Waals surface area contributed by atoms with E-state index in [0.717, 1.165) is 30.8 Å². The zero-order valence-corrected chi connectivity index (χ0v) is 11.4. The molecule has 18 heavy (non-hydrogen) atoms. The molecule has 96 valence electrons. The Bertz CT molecular complexity index is 520. The Hall–Kier alpha value is -1.61. The van der Waals surface area contributed by atoms with Crippen molar-refractivity contribution < 1.29 is 0 Å². The monoisotopic (exact) mass is 243 g/mol. The van der Waals surface area contributed by atoms with Crippen LogP contribution in [-0.4, -0.2) is 37.1 Å². The molecule has 1 heterocycles. The summed E-state index contributed by atoms with van der Waals surface area (Å²) in [5.41, 5.74) is 2.26. The van der Waals surface area contributed by atoms with E-state index in [4.69, 9.17) is 0 Å². The maximum absolute atomic E-state index is 4.67. The van der Waals surface area contributed by atoms with Crippen molar-refractivity contribution in [1.82, 2.24) is 9.88 Å². The first-order valence-corrected chi connectivity index (χ1v) is 6.42. The van der Waals surface area contributed by atoms with E-state index in [0.29, 0.717) is 0 Å². The first kappa shape index (κ1) is 12.8. The SMILES string of the molecule is Cc1cc2ccccc2nc1NCCCN(C)C. The molecule has 3 heteroatoms. The predicted octanol–water partition coefficient (Wildman–Crippen LogP) is 2.91. The second-order valence-electron chi connectivity index (χ2n) is 4.93. The van der Waals surface area contributed by atoms with Gasteiger partial charge in [0.2, 0.25) is 0 Å². The van der Waals surface area contributed by atoms with Crippen LogP contribution in [0.4, 0.5) is 5.82 Å². The lowest BCUT2D eigenvalue weighted by molar-refractivity contribution is 0.405. The number of para-hydroxylation sites is 1. The van der Waals surface area contributed by atoms with E-state index in [1.807, 2.05) is 12.1 Å². The van der Waals surface area contributed by atoms with Crippen molar-refractivity contribution >= 4 is 16.7 Å². The fourth-order valence-corrected chi connectivity index (χ4v) is 2.00. The van der Waals surface area contributed by atoms with Gasteiger partial charge in [-0.1, -0.05) is 18.2 Å². The van der Waals surface area contributed by atoms with Gasteiger partial charge in [-0.3, -0.25) is 0 Å². The van der Waals surface area contributed by atoms with Crippen LogP contribution in [0.3, 0.4) is 0 Å². The van der Waals surface area contributed by atoms with E-state index in [9.17, 15) is 0 Å². The molecule has 0 atom stereocenters. The summed E-state index contributed by atoms with van der Waals surface area (Å²) >= 11 is 0. The second-order valence-corrected chi connectivity index (χ2v) is 4.93. The number of anilines is 1. The van der Waals surface area contributed by atoms with Gasteiger partial charge < -0.3 is 10.2 Å². The van der Waals surface area contributed by atoms with E-state index in [1.165, 1.54) is 10.9 Å². The third-order valence-corrected chi connectivity index (χ3v) is 2.99. The van der Waals surface area contributed by atoms with Crippen LogP contribution in [0.15, 0.2) is 30.3 Å². The highest BCUT2D eigenvalue weighted by molar-refractivity contribution is 5.81. The van der Waals surface area contributed by atoms with Crippen molar-refractivity contribution in [3.63, 3.8) is 0 Å². The lowest BCUT2D eigenvalue weighted by atomic mass is 10.1. The van der Waals surface area contributed by atoms with Gasteiger partial charge in [-0.15, -0.1) is 0 Å². The molecule has 0 aliphatic heterocycles. The Morgan fingerprint density at radius 3 is 2.78 bits per heavy atom. The molecule has 0 aliphatic carbocycles. The Kier molecular flexibility index (Phi) is 4.15. The lowest BCUT2D eigenvalue weighted by Crippen LogP contribution is -2.16. The molecule has 2 rings (SSSR count). The Morgan fingerprint density at radius 2 is 2.00 bits per heavy atom. The fourth-order valence-electron chi connectivity index (χ4n) is 2.00. The van der Waals surface area contributed by atoms with Crippen LogP contribution in [0.1, 0.15) is 12.0 Å². The normalized spacial score (nSPS) is 11.1. The summed E-state index contributed by atoms with van der Waals surface area (Å²) in [6, 6.07) is 10.4. The third kappa shape index (κ3) is 3.20. The summed E-state index contributed by atoms with van der Waals surface area (Å²) in [5.74, 6) is 1.01. The van der Waals surface area contributed by atoms with E-state index in [-0.39, 0.29) is 0 Å². The van der Waals surface area contributed by atoms with Crippen LogP contribution >= 0.6 is 0 Å². The van der Waals surface area contributed by atoms with Gasteiger partial charge in [-0.05, 0) is 51.7 Å². The maximum atomic E-state index is 4.67. The molecule has 1 N–H and O–H groups in total. The molecule has 2 aromatic rings. The molecule has 0 aliphatic rings. The zero-order chi connectivity index (χ0) is 13.0. The van der Waals surface area contributed by atoms with Gasteiger partial charge in [0.1, 0.15) is 5.82 Å². The molecule has 1 aromatic carbocycles. The highest BCUT2D eigenvalue weighted by Gasteiger charge is 2.02. The van der Waals surface area contributed by atoms with Gasteiger partial charge in [0.05, 0.1) is 5.52 Å². The molecule has 0 amide bonds. The number of nitrogens with one attached hydrogen (secondary N) is 1. The van der Waals surface area contributed by atoms with Crippen molar-refractivity contribution in [3.05, 3.63) is 35.9 Å². The van der Waals surface area contributed by atoms with E-state index < -0.39 is 0 Å². The highest BCUT2D eigenvalue weighted by atomic mass is 15.1. The third-order valence-electron chi connectivity index (χ3n) is 2.99. The molecule has 3 nitrogen and oxygen atoms in total. The lowest BCUT2D eigenvalue weighted by Gasteiger charge is -2.12. The number of pyridine rings is 1. The van der Waals surface area contributed by atoms with Gasteiger partial charge in [0, 0.05) is 11.9 Å². The molecule has 0 radical (unpaired) electrons. The Labute approximate surface area is 109 Å². The van der Waals surface area contributed by atoms with Crippen LogP contribution in [0.5, 0.6) is 0 Å². The van der Waals surface area contributed by atoms with Crippen LogP contribution in [0.25, 0.3) is 10.9 Å². The molecule has 0 fully saturated rings. The summed E-state index contributed by atoms with van der Waals surface area (Å²) < 4.78 is 0. The largest absolute Gasteiger partial charge is 0.370 e. The average molecular weight is 243 g/mol. The quantitative estimate of drug-likeness (QED) is 0.818. The molecule has 0 saturated heterocycles. The zero-order valence-electron chi connectivity index (χ0n) is 11.4. The first-order valence-electron chi connectivity index (χ1n) is 6.42. The van der Waals surface area contributed by atoms with Gasteiger partial charge in [0.15, 0.2) is 0 Å². The number of nitrogens with zero attached hydrogens (tertiary/aromatic N) is 2. The van der Waals surface area contributed by atoms with E-state index >= 15 is 0 Å². The number of benzene rings is 1. The number of fused-ring (bicyclic) bond motifs is 1. The van der Waals surface area contributed by atoms with Crippen LogP contribution in [0, 0.1) is 6.92 Å². The van der Waals surface area contributed by atoms with Crippen LogP contribution < -0.4 is 5.32 Å². The molecule has 1 aromatic heterocycles. The molecule has 0 spiro atoms. The van der Waals surface area contributed by atoms with Crippen molar-refractivity contribution in [3.8, 4) is 0 Å². The molecule has 0 unspecified atom stereocenters. The first-order chi connectivity index (χ1) is 8.66. The second kappa shape index (κ2) is 5.83. The molecule has 0 saturated carbocycles. The standard InChI is InChI=1S/C15H21N3/c1-12-11-13-7-4-5-8-14(13)17-15(12)16-9-6-10-18(2)3/h4-5,7-8,11H,6,9-10H2,1-3H3,(H,16,17).